The molecule has 1 rings (SSSR count). The molecule has 0 fully saturated rings. The van der Waals surface area contributed by atoms with Crippen LogP contribution in [-0.2, 0) is 0 Å². The van der Waals surface area contributed by atoms with Crippen molar-refractivity contribution in [2.24, 2.45) is 0 Å². The van der Waals surface area contributed by atoms with Gasteiger partial charge in [0.25, 0.3) is 0 Å². The second-order valence-electron chi connectivity index (χ2n) is 2.41. The molecule has 5 heteroatoms. The molecular formula is C8H15F3N2. The number of hydrazine groups is 1. The van der Waals surface area contributed by atoms with E-state index in [1.165, 1.54) is 0 Å². The Morgan fingerprint density at radius 1 is 1.46 bits per heavy atom. The number of halogens is 3. The SMILES string of the molecule is CC.CC1=CCNN1CC(F)(F)F. The standard InChI is InChI=1S/C6H9F3N2.C2H6/c1-5-2-3-10-11(5)4-6(7,8)9;1-2/h2,10H,3-4H2,1H3;1-2H3. The molecule has 0 atom stereocenters. The van der Waals surface area contributed by atoms with Crippen LogP contribution in [0.25, 0.3) is 0 Å². The largest absolute Gasteiger partial charge is 0.407 e. The van der Waals surface area contributed by atoms with Crippen molar-refractivity contribution in [3.05, 3.63) is 11.8 Å². The molecule has 0 radical (unpaired) electrons. The summed E-state index contributed by atoms with van der Waals surface area (Å²) in [5.74, 6) is 0. The first-order valence-corrected chi connectivity index (χ1v) is 4.23. The monoisotopic (exact) mass is 196 g/mol. The molecule has 0 spiro atoms. The molecule has 0 amide bonds. The van der Waals surface area contributed by atoms with Crippen molar-refractivity contribution in [2.75, 3.05) is 13.1 Å². The summed E-state index contributed by atoms with van der Waals surface area (Å²) < 4.78 is 35.3. The van der Waals surface area contributed by atoms with Gasteiger partial charge >= 0.3 is 6.18 Å². The Morgan fingerprint density at radius 3 is 2.31 bits per heavy atom. The van der Waals surface area contributed by atoms with E-state index >= 15 is 0 Å². The highest BCUT2D eigenvalue weighted by Gasteiger charge is 2.31. The van der Waals surface area contributed by atoms with Crippen LogP contribution < -0.4 is 5.43 Å². The van der Waals surface area contributed by atoms with E-state index in [4.69, 9.17) is 0 Å². The van der Waals surface area contributed by atoms with Gasteiger partial charge in [0.2, 0.25) is 0 Å². The number of nitrogens with zero attached hydrogens (tertiary/aromatic N) is 1. The van der Waals surface area contributed by atoms with Gasteiger partial charge in [-0.05, 0) is 13.0 Å². The number of rotatable bonds is 1. The minimum atomic E-state index is -4.13. The summed E-state index contributed by atoms with van der Waals surface area (Å²) in [5.41, 5.74) is 3.21. The van der Waals surface area contributed by atoms with Crippen molar-refractivity contribution >= 4 is 0 Å². The summed E-state index contributed by atoms with van der Waals surface area (Å²) in [4.78, 5) is 0. The van der Waals surface area contributed by atoms with E-state index in [0.29, 0.717) is 12.2 Å². The van der Waals surface area contributed by atoms with Crippen molar-refractivity contribution in [2.45, 2.75) is 26.9 Å². The van der Waals surface area contributed by atoms with Crippen LogP contribution in [0.3, 0.4) is 0 Å². The molecule has 1 N–H and O–H groups in total. The van der Waals surface area contributed by atoms with E-state index < -0.39 is 12.7 Å². The fourth-order valence-corrected chi connectivity index (χ4v) is 0.898. The van der Waals surface area contributed by atoms with Gasteiger partial charge in [-0.25, -0.2) is 5.43 Å². The third-order valence-corrected chi connectivity index (χ3v) is 1.44. The molecule has 13 heavy (non-hydrogen) atoms. The minimum Gasteiger partial charge on any atom is -0.304 e. The van der Waals surface area contributed by atoms with E-state index in [0.717, 1.165) is 5.01 Å². The topological polar surface area (TPSA) is 15.3 Å². The third kappa shape index (κ3) is 4.77. The second kappa shape index (κ2) is 5.11. The van der Waals surface area contributed by atoms with E-state index in [2.05, 4.69) is 5.43 Å². The van der Waals surface area contributed by atoms with Crippen molar-refractivity contribution in [1.82, 2.24) is 10.4 Å². The average Bonchev–Trinajstić information content (AvgIpc) is 2.38. The maximum absolute atomic E-state index is 11.8. The number of hydrogen-bond acceptors (Lipinski definition) is 2. The Bertz CT molecular complexity index is 175. The highest BCUT2D eigenvalue weighted by atomic mass is 19.4. The first-order valence-electron chi connectivity index (χ1n) is 4.23. The van der Waals surface area contributed by atoms with E-state index in [1.54, 1.807) is 13.0 Å². The van der Waals surface area contributed by atoms with Crippen molar-refractivity contribution < 1.29 is 13.2 Å². The molecule has 0 aromatic heterocycles. The number of hydrogen-bond donors (Lipinski definition) is 1. The Hall–Kier alpha value is -0.710. The number of alkyl halides is 3. The van der Waals surface area contributed by atoms with Gasteiger partial charge in [0.15, 0.2) is 0 Å². The zero-order chi connectivity index (χ0) is 10.5. The van der Waals surface area contributed by atoms with Crippen LogP contribution in [0, 0.1) is 0 Å². The van der Waals surface area contributed by atoms with Gasteiger partial charge in [-0.3, -0.25) is 0 Å². The first kappa shape index (κ1) is 12.3. The maximum atomic E-state index is 11.8. The molecule has 2 nitrogen and oxygen atoms in total. The minimum absolute atomic E-state index is 0.488. The molecule has 0 saturated heterocycles. The van der Waals surface area contributed by atoms with Crippen LogP contribution in [0.2, 0.25) is 0 Å². The summed E-state index contributed by atoms with van der Waals surface area (Å²) in [5, 5.41) is 1.10. The van der Waals surface area contributed by atoms with Crippen LogP contribution >= 0.6 is 0 Å². The maximum Gasteiger partial charge on any atom is 0.407 e. The second-order valence-corrected chi connectivity index (χ2v) is 2.41. The molecule has 0 saturated carbocycles. The van der Waals surface area contributed by atoms with Gasteiger partial charge in [0, 0.05) is 12.2 Å². The Kier molecular flexibility index (Phi) is 4.83. The highest BCUT2D eigenvalue weighted by molar-refractivity contribution is 5.03. The summed E-state index contributed by atoms with van der Waals surface area (Å²) in [6.45, 7) is 5.21. The molecule has 78 valence electrons. The third-order valence-electron chi connectivity index (χ3n) is 1.44. The lowest BCUT2D eigenvalue weighted by molar-refractivity contribution is -0.145. The van der Waals surface area contributed by atoms with Crippen molar-refractivity contribution in [3.8, 4) is 0 Å². The number of nitrogens with one attached hydrogen (secondary N) is 1. The Morgan fingerprint density at radius 2 is 2.00 bits per heavy atom. The van der Waals surface area contributed by atoms with Gasteiger partial charge < -0.3 is 5.01 Å². The van der Waals surface area contributed by atoms with E-state index in [9.17, 15) is 13.2 Å². The summed E-state index contributed by atoms with van der Waals surface area (Å²) in [7, 11) is 0. The van der Waals surface area contributed by atoms with Crippen LogP contribution in [0.5, 0.6) is 0 Å². The summed E-state index contributed by atoms with van der Waals surface area (Å²) >= 11 is 0. The zero-order valence-corrected chi connectivity index (χ0v) is 8.07. The average molecular weight is 196 g/mol. The van der Waals surface area contributed by atoms with Gasteiger partial charge in [0.05, 0.1) is 0 Å². The zero-order valence-electron chi connectivity index (χ0n) is 8.07. The van der Waals surface area contributed by atoms with Crippen molar-refractivity contribution in [3.63, 3.8) is 0 Å². The predicted molar refractivity (Wildman–Crippen MR) is 45.9 cm³/mol. The quantitative estimate of drug-likeness (QED) is 0.692. The van der Waals surface area contributed by atoms with E-state index in [1.807, 2.05) is 13.8 Å². The first-order chi connectivity index (χ1) is 5.99. The lowest BCUT2D eigenvalue weighted by Crippen LogP contribution is -2.38. The summed E-state index contributed by atoms with van der Waals surface area (Å²) in [6.07, 6.45) is -2.42. The Labute approximate surface area is 76.4 Å². The molecule has 1 heterocycles. The number of allylic oxidation sites excluding steroid dienone is 1. The molecule has 0 aromatic rings. The lowest BCUT2D eigenvalue weighted by Gasteiger charge is -2.21. The predicted octanol–water partition coefficient (Wildman–Crippen LogP) is 2.30. The van der Waals surface area contributed by atoms with Crippen molar-refractivity contribution in [1.29, 1.82) is 0 Å². The van der Waals surface area contributed by atoms with Crippen LogP contribution in [0.15, 0.2) is 11.8 Å². The molecule has 0 unspecified atom stereocenters. The van der Waals surface area contributed by atoms with Gasteiger partial charge in [-0.1, -0.05) is 13.8 Å². The van der Waals surface area contributed by atoms with Gasteiger partial charge in [-0.15, -0.1) is 0 Å². The van der Waals surface area contributed by atoms with Gasteiger partial charge in [0.1, 0.15) is 6.54 Å². The van der Waals surface area contributed by atoms with E-state index in [-0.39, 0.29) is 0 Å². The summed E-state index contributed by atoms with van der Waals surface area (Å²) in [6, 6.07) is 0. The molecule has 0 aliphatic carbocycles. The molecular weight excluding hydrogens is 181 g/mol. The van der Waals surface area contributed by atoms with Crippen LogP contribution in [-0.4, -0.2) is 24.3 Å². The Balaban J connectivity index is 0.000000671. The lowest BCUT2D eigenvalue weighted by atomic mass is 10.4. The fourth-order valence-electron chi connectivity index (χ4n) is 0.898. The molecule has 0 bridgehead atoms. The van der Waals surface area contributed by atoms with Crippen LogP contribution in [0.4, 0.5) is 13.2 Å². The molecule has 0 aromatic carbocycles. The smallest absolute Gasteiger partial charge is 0.304 e. The normalized spacial score (nSPS) is 16.5. The van der Waals surface area contributed by atoms with Gasteiger partial charge in [-0.2, -0.15) is 13.2 Å². The van der Waals surface area contributed by atoms with Crippen LogP contribution in [0.1, 0.15) is 20.8 Å². The molecule has 1 aliphatic rings. The molecule has 1 aliphatic heterocycles. The highest BCUT2D eigenvalue weighted by Crippen LogP contribution is 2.18. The fraction of sp³-hybridized carbons (Fsp3) is 0.750.